The number of fused-ring (bicyclic) bond motifs is 1. The fourth-order valence-electron chi connectivity index (χ4n) is 5.32. The zero-order chi connectivity index (χ0) is 33.9. The Hall–Kier alpha value is -4.21. The number of carbonyl (C=O) groups excluding carboxylic acids is 3. The van der Waals surface area contributed by atoms with E-state index in [1.54, 1.807) is 49.6 Å². The number of amides is 3. The number of anilines is 2. The topological polar surface area (TPSA) is 117 Å². The van der Waals surface area contributed by atoms with Gasteiger partial charge in [0.2, 0.25) is 18.2 Å². The predicted molar refractivity (Wildman–Crippen MR) is 170 cm³/mol. The Balaban J connectivity index is 1.25. The van der Waals surface area contributed by atoms with Crippen molar-refractivity contribution >= 4 is 59.1 Å². The Morgan fingerprint density at radius 1 is 1.11 bits per heavy atom. The molecule has 2 heterocycles. The van der Waals surface area contributed by atoms with Crippen LogP contribution < -0.4 is 14.7 Å². The van der Waals surface area contributed by atoms with Crippen molar-refractivity contribution in [1.29, 1.82) is 0 Å². The Kier molecular flexibility index (Phi) is 10.1. The molecule has 2 saturated heterocycles. The van der Waals surface area contributed by atoms with Crippen molar-refractivity contribution in [3.8, 4) is 5.75 Å². The third-order valence-electron chi connectivity index (χ3n) is 7.87. The minimum Gasteiger partial charge on any atom is -0.497 e. The van der Waals surface area contributed by atoms with Gasteiger partial charge >= 0.3 is 12.1 Å². The summed E-state index contributed by atoms with van der Waals surface area (Å²) < 4.78 is 44.0. The smallest absolute Gasteiger partial charge is 0.416 e. The van der Waals surface area contributed by atoms with E-state index in [-0.39, 0.29) is 24.7 Å². The first-order valence-electron chi connectivity index (χ1n) is 14.2. The number of ether oxygens (including phenoxy) is 1. The van der Waals surface area contributed by atoms with Crippen LogP contribution in [-0.2, 0) is 36.8 Å². The molecule has 3 atom stereocenters. The zero-order valence-corrected chi connectivity index (χ0v) is 26.8. The SMILES string of the molecule is COc1cccc(CON(C=O)c2ccc(N(C(C)=O)C3C(=O)N4CC(CSc5ccc(C(F)(F)F)cc5)(C(=O)O)CS[C@H]34)cc2)c1. The lowest BCUT2D eigenvalue weighted by molar-refractivity contribution is -0.156. The van der Waals surface area contributed by atoms with Crippen molar-refractivity contribution in [2.24, 2.45) is 5.41 Å². The predicted octanol–water partition coefficient (Wildman–Crippen LogP) is 5.31. The van der Waals surface area contributed by atoms with Gasteiger partial charge in [-0.3, -0.25) is 28.9 Å². The Morgan fingerprint density at radius 2 is 1.79 bits per heavy atom. The number of rotatable bonds is 12. The van der Waals surface area contributed by atoms with E-state index in [1.807, 2.05) is 6.07 Å². The lowest BCUT2D eigenvalue weighted by atomic mass is 9.89. The number of hydrogen-bond donors (Lipinski definition) is 1. The van der Waals surface area contributed by atoms with Gasteiger partial charge in [0.15, 0.2) is 0 Å². The van der Waals surface area contributed by atoms with Crippen molar-refractivity contribution in [1.82, 2.24) is 4.90 Å². The number of hydroxylamine groups is 1. The van der Waals surface area contributed by atoms with E-state index in [0.29, 0.717) is 28.4 Å². The van der Waals surface area contributed by atoms with E-state index in [2.05, 4.69) is 0 Å². The molecule has 5 rings (SSSR count). The number of nitrogens with zero attached hydrogens (tertiary/aromatic N) is 3. The molecule has 3 aromatic carbocycles. The minimum absolute atomic E-state index is 0.0346. The number of alkyl halides is 3. The number of hydrogen-bond acceptors (Lipinski definition) is 8. The maximum atomic E-state index is 13.4. The molecular weight excluding hydrogens is 659 g/mol. The van der Waals surface area contributed by atoms with Crippen LogP contribution in [0, 0.1) is 5.41 Å². The number of carbonyl (C=O) groups is 4. The second-order valence-corrected chi connectivity index (χ2v) is 13.1. The summed E-state index contributed by atoms with van der Waals surface area (Å²) in [5.74, 6) is -1.12. The van der Waals surface area contributed by atoms with Crippen LogP contribution in [0.2, 0.25) is 0 Å². The maximum absolute atomic E-state index is 13.4. The van der Waals surface area contributed by atoms with Gasteiger partial charge in [-0.05, 0) is 66.2 Å². The first-order chi connectivity index (χ1) is 22.4. The number of methoxy groups -OCH3 is 1. The summed E-state index contributed by atoms with van der Waals surface area (Å²) >= 11 is 2.36. The Morgan fingerprint density at radius 3 is 2.38 bits per heavy atom. The Bertz CT molecular complexity index is 1640. The van der Waals surface area contributed by atoms with Crippen molar-refractivity contribution in [2.75, 3.05) is 35.1 Å². The number of carboxylic acids is 1. The average Bonchev–Trinajstić information content (AvgIpc) is 3.06. The first kappa shape index (κ1) is 34.1. The highest BCUT2D eigenvalue weighted by molar-refractivity contribution is 8.00. The molecule has 3 aromatic rings. The highest BCUT2D eigenvalue weighted by Crippen LogP contribution is 2.47. The van der Waals surface area contributed by atoms with Gasteiger partial charge in [0, 0.05) is 35.6 Å². The molecule has 1 N–H and O–H groups in total. The normalized spacial score (nSPS) is 20.5. The number of benzene rings is 3. The summed E-state index contributed by atoms with van der Waals surface area (Å²) in [6, 6.07) is 17.1. The number of carboxylic acid groups (broad SMARTS) is 1. The molecule has 0 spiro atoms. The van der Waals surface area contributed by atoms with Crippen LogP contribution in [0.3, 0.4) is 0 Å². The molecule has 0 aliphatic carbocycles. The molecule has 2 unspecified atom stereocenters. The van der Waals surface area contributed by atoms with Crippen molar-refractivity contribution in [2.45, 2.75) is 36.0 Å². The van der Waals surface area contributed by atoms with Crippen LogP contribution in [0.4, 0.5) is 24.5 Å². The molecule has 15 heteroatoms. The molecule has 2 aliphatic rings. The molecule has 0 aromatic heterocycles. The number of β-lactam (4-membered cyclic amide) rings is 1. The first-order valence-corrected chi connectivity index (χ1v) is 16.3. The van der Waals surface area contributed by atoms with Gasteiger partial charge in [0.05, 0.1) is 18.4 Å². The molecule has 3 amide bonds. The molecule has 10 nitrogen and oxygen atoms in total. The van der Waals surface area contributed by atoms with Gasteiger partial charge in [0.25, 0.3) is 0 Å². The van der Waals surface area contributed by atoms with Crippen molar-refractivity contribution in [3.05, 3.63) is 83.9 Å². The summed E-state index contributed by atoms with van der Waals surface area (Å²) in [6.07, 6.45) is -3.97. The molecule has 0 radical (unpaired) electrons. The highest BCUT2D eigenvalue weighted by Gasteiger charge is 2.59. The van der Waals surface area contributed by atoms with Crippen molar-refractivity contribution < 1.29 is 47.0 Å². The third kappa shape index (κ3) is 7.21. The monoisotopic (exact) mass is 689 g/mol. The van der Waals surface area contributed by atoms with Gasteiger partial charge < -0.3 is 14.7 Å². The van der Waals surface area contributed by atoms with E-state index in [1.165, 1.54) is 40.6 Å². The van der Waals surface area contributed by atoms with E-state index < -0.39 is 46.4 Å². The second kappa shape index (κ2) is 13.9. The molecular formula is C32H30F3N3O7S2. The van der Waals surface area contributed by atoms with Gasteiger partial charge in [0.1, 0.15) is 29.2 Å². The summed E-state index contributed by atoms with van der Waals surface area (Å²) in [4.78, 5) is 59.5. The minimum atomic E-state index is -4.48. The summed E-state index contributed by atoms with van der Waals surface area (Å²) in [7, 11) is 1.55. The fourth-order valence-corrected chi connectivity index (χ4v) is 8.12. The van der Waals surface area contributed by atoms with Gasteiger partial charge in [-0.2, -0.15) is 18.2 Å². The molecule has 2 fully saturated rings. The quantitative estimate of drug-likeness (QED) is 0.117. The van der Waals surface area contributed by atoms with E-state index >= 15 is 0 Å². The molecule has 47 heavy (non-hydrogen) atoms. The van der Waals surface area contributed by atoms with E-state index in [9.17, 15) is 37.5 Å². The largest absolute Gasteiger partial charge is 0.497 e. The lowest BCUT2D eigenvalue weighted by Crippen LogP contribution is -2.74. The summed E-state index contributed by atoms with van der Waals surface area (Å²) in [5.41, 5.74) is -0.571. The number of halogens is 3. The standard InChI is InChI=1S/C32H30F3N3O7S2/c1-20(40)38(24-10-8-23(9-11-24)37(19-39)45-15-21-4-3-5-25(14-21)44-2)27-28(41)36-16-31(30(42)43,18-47-29(27)36)17-46-26-12-6-22(7-13-26)32(33,34)35/h3-14,19,27,29H,15-18H2,1-2H3,(H,42,43)/t27?,29-,31?/m1/s1. The van der Waals surface area contributed by atoms with Gasteiger partial charge in [-0.25, -0.2) is 0 Å². The van der Waals surface area contributed by atoms with Crippen LogP contribution in [0.1, 0.15) is 18.1 Å². The number of aliphatic carboxylic acids is 1. The summed E-state index contributed by atoms with van der Waals surface area (Å²) in [6.45, 7) is 1.31. The van der Waals surface area contributed by atoms with Crippen LogP contribution in [0.25, 0.3) is 0 Å². The molecule has 248 valence electrons. The number of thioether (sulfide) groups is 2. The fraction of sp³-hybridized carbons (Fsp3) is 0.312. The average molecular weight is 690 g/mol. The van der Waals surface area contributed by atoms with Crippen LogP contribution >= 0.6 is 23.5 Å². The van der Waals surface area contributed by atoms with E-state index in [4.69, 9.17) is 9.57 Å². The highest BCUT2D eigenvalue weighted by atomic mass is 32.2. The molecule has 2 aliphatic heterocycles. The zero-order valence-electron chi connectivity index (χ0n) is 25.2. The second-order valence-electron chi connectivity index (χ2n) is 11.0. The van der Waals surface area contributed by atoms with Gasteiger partial charge in [-0.1, -0.05) is 12.1 Å². The van der Waals surface area contributed by atoms with Crippen LogP contribution in [0.5, 0.6) is 5.75 Å². The third-order valence-corrected chi connectivity index (χ3v) is 10.7. The lowest BCUT2D eigenvalue weighted by Gasteiger charge is -2.56. The van der Waals surface area contributed by atoms with E-state index in [0.717, 1.165) is 34.5 Å². The molecule has 0 bridgehead atoms. The van der Waals surface area contributed by atoms with Gasteiger partial charge in [-0.15, -0.1) is 23.5 Å². The van der Waals surface area contributed by atoms with Crippen LogP contribution in [0.15, 0.2) is 77.7 Å². The van der Waals surface area contributed by atoms with Crippen LogP contribution in [-0.4, -0.2) is 70.8 Å². The maximum Gasteiger partial charge on any atom is 0.416 e. The van der Waals surface area contributed by atoms with Crippen molar-refractivity contribution in [3.63, 3.8) is 0 Å². The molecule has 0 saturated carbocycles. The Labute approximate surface area is 276 Å². The summed E-state index contributed by atoms with van der Waals surface area (Å²) in [5, 5.41) is 10.7.